The molecule has 5 heteroatoms. The molecule has 0 spiro atoms. The molecule has 3 aromatic rings. The van der Waals surface area contributed by atoms with Crippen LogP contribution >= 0.6 is 0 Å². The van der Waals surface area contributed by atoms with Crippen LogP contribution < -0.4 is 15.4 Å². The molecule has 0 fully saturated rings. The van der Waals surface area contributed by atoms with Crippen molar-refractivity contribution >= 4 is 33.5 Å². The summed E-state index contributed by atoms with van der Waals surface area (Å²) in [4.78, 5) is 12.1. The van der Waals surface area contributed by atoms with Crippen molar-refractivity contribution in [1.29, 1.82) is 0 Å². The van der Waals surface area contributed by atoms with Crippen molar-refractivity contribution in [3.63, 3.8) is 0 Å². The summed E-state index contributed by atoms with van der Waals surface area (Å²) in [6.45, 7) is 5.69. The normalized spacial score (nSPS) is 12.5. The summed E-state index contributed by atoms with van der Waals surface area (Å²) in [6.07, 6.45) is 0. The monoisotopic (exact) mass is 326 g/mol. The molecular weight excluding hydrogens is 304 g/mol. The molecule has 0 bridgehead atoms. The first kappa shape index (κ1) is 16.2. The van der Waals surface area contributed by atoms with E-state index in [1.54, 1.807) is 7.11 Å². The number of rotatable bonds is 5. The Hall–Kier alpha value is -2.69. The number of hydrogen-bond acceptors (Lipinski definition) is 4. The van der Waals surface area contributed by atoms with Crippen molar-refractivity contribution in [2.45, 2.75) is 32.9 Å². The van der Waals surface area contributed by atoms with Crippen LogP contribution in [0.5, 0.6) is 5.75 Å². The van der Waals surface area contributed by atoms with Crippen molar-refractivity contribution in [3.8, 4) is 5.75 Å². The molecule has 5 nitrogen and oxygen atoms in total. The lowest BCUT2D eigenvalue weighted by Crippen LogP contribution is -2.41. The van der Waals surface area contributed by atoms with Gasteiger partial charge in [-0.1, -0.05) is 18.2 Å². The lowest BCUT2D eigenvalue weighted by atomic mass is 10.1. The number of furan rings is 1. The fourth-order valence-electron chi connectivity index (χ4n) is 2.74. The molecule has 1 heterocycles. The van der Waals surface area contributed by atoms with E-state index in [1.165, 1.54) is 0 Å². The van der Waals surface area contributed by atoms with Gasteiger partial charge in [-0.15, -0.1) is 0 Å². The van der Waals surface area contributed by atoms with Crippen LogP contribution in [-0.4, -0.2) is 25.1 Å². The molecule has 0 saturated heterocycles. The summed E-state index contributed by atoms with van der Waals surface area (Å²) in [6, 6.07) is 11.4. The standard InChI is InChI=1S/C19H22N2O3/c1-11(2)20-19(22)12(3)21-15-10-17-14(9-18(15)23-4)13-7-5-6-8-16(13)24-17/h5-12,21H,1-4H3,(H,20,22)/t12-/m0/s1. The third-order valence-corrected chi connectivity index (χ3v) is 3.90. The number of fused-ring (bicyclic) bond motifs is 3. The van der Waals surface area contributed by atoms with E-state index in [9.17, 15) is 4.79 Å². The van der Waals surface area contributed by atoms with Gasteiger partial charge in [0, 0.05) is 22.9 Å². The van der Waals surface area contributed by atoms with Gasteiger partial charge >= 0.3 is 0 Å². The molecule has 3 rings (SSSR count). The highest BCUT2D eigenvalue weighted by Crippen LogP contribution is 2.36. The smallest absolute Gasteiger partial charge is 0.242 e. The van der Waals surface area contributed by atoms with Crippen LogP contribution in [0.3, 0.4) is 0 Å². The van der Waals surface area contributed by atoms with E-state index in [0.717, 1.165) is 27.6 Å². The Bertz CT molecular complexity index is 883. The maximum atomic E-state index is 12.1. The average Bonchev–Trinajstić information content (AvgIpc) is 2.90. The molecule has 0 aliphatic heterocycles. The van der Waals surface area contributed by atoms with Crippen LogP contribution in [0, 0.1) is 0 Å². The zero-order chi connectivity index (χ0) is 17.3. The van der Waals surface area contributed by atoms with Gasteiger partial charge in [0.1, 0.15) is 23.0 Å². The van der Waals surface area contributed by atoms with Crippen molar-refractivity contribution in [2.24, 2.45) is 0 Å². The van der Waals surface area contributed by atoms with Crippen molar-refractivity contribution < 1.29 is 13.9 Å². The summed E-state index contributed by atoms with van der Waals surface area (Å²) in [7, 11) is 1.62. The molecule has 0 saturated carbocycles. The van der Waals surface area contributed by atoms with Crippen LogP contribution in [0.2, 0.25) is 0 Å². The number of amides is 1. The predicted molar refractivity (Wildman–Crippen MR) is 96.6 cm³/mol. The molecule has 2 N–H and O–H groups in total. The third kappa shape index (κ3) is 3.02. The lowest BCUT2D eigenvalue weighted by molar-refractivity contribution is -0.122. The Morgan fingerprint density at radius 3 is 2.54 bits per heavy atom. The quantitative estimate of drug-likeness (QED) is 0.746. The Balaban J connectivity index is 1.98. The number of carbonyl (C=O) groups excluding carboxylic acids is 1. The maximum Gasteiger partial charge on any atom is 0.242 e. The van der Waals surface area contributed by atoms with E-state index in [2.05, 4.69) is 10.6 Å². The SMILES string of the molecule is COc1cc2c(cc1N[C@@H](C)C(=O)NC(C)C)oc1ccccc12. The fourth-order valence-corrected chi connectivity index (χ4v) is 2.74. The summed E-state index contributed by atoms with van der Waals surface area (Å²) in [5.41, 5.74) is 2.32. The first-order valence-corrected chi connectivity index (χ1v) is 8.05. The fraction of sp³-hybridized carbons (Fsp3) is 0.316. The zero-order valence-electron chi connectivity index (χ0n) is 14.3. The van der Waals surface area contributed by atoms with Gasteiger partial charge in [0.05, 0.1) is 12.8 Å². The Labute approximate surface area is 141 Å². The van der Waals surface area contributed by atoms with E-state index in [1.807, 2.05) is 57.2 Å². The highest BCUT2D eigenvalue weighted by atomic mass is 16.5. The minimum Gasteiger partial charge on any atom is -0.495 e. The summed E-state index contributed by atoms with van der Waals surface area (Å²) in [5.74, 6) is 0.620. The number of methoxy groups -OCH3 is 1. The minimum absolute atomic E-state index is 0.0586. The topological polar surface area (TPSA) is 63.5 Å². The molecule has 1 aromatic heterocycles. The molecule has 2 aromatic carbocycles. The van der Waals surface area contributed by atoms with Crippen molar-refractivity contribution in [3.05, 3.63) is 36.4 Å². The molecule has 0 radical (unpaired) electrons. The Kier molecular flexibility index (Phi) is 4.34. The summed E-state index contributed by atoms with van der Waals surface area (Å²) in [5, 5.41) is 8.14. The number of para-hydroxylation sites is 1. The predicted octanol–water partition coefficient (Wildman–Crippen LogP) is 3.92. The molecule has 24 heavy (non-hydrogen) atoms. The first-order valence-electron chi connectivity index (χ1n) is 8.05. The van der Waals surface area contributed by atoms with Gasteiger partial charge < -0.3 is 19.8 Å². The van der Waals surface area contributed by atoms with Crippen LogP contribution in [0.15, 0.2) is 40.8 Å². The molecule has 1 atom stereocenters. The zero-order valence-corrected chi connectivity index (χ0v) is 14.3. The lowest BCUT2D eigenvalue weighted by Gasteiger charge is -2.18. The Morgan fingerprint density at radius 2 is 1.83 bits per heavy atom. The van der Waals surface area contributed by atoms with Crippen LogP contribution in [-0.2, 0) is 4.79 Å². The summed E-state index contributed by atoms with van der Waals surface area (Å²) < 4.78 is 11.4. The van der Waals surface area contributed by atoms with E-state index in [4.69, 9.17) is 9.15 Å². The average molecular weight is 326 g/mol. The van der Waals surface area contributed by atoms with Crippen molar-refractivity contribution in [2.75, 3.05) is 12.4 Å². The first-order chi connectivity index (χ1) is 11.5. The molecular formula is C19H22N2O3. The largest absolute Gasteiger partial charge is 0.495 e. The summed E-state index contributed by atoms with van der Waals surface area (Å²) >= 11 is 0. The van der Waals surface area contributed by atoms with Crippen molar-refractivity contribution in [1.82, 2.24) is 5.32 Å². The highest BCUT2D eigenvalue weighted by molar-refractivity contribution is 6.06. The number of carbonyl (C=O) groups is 1. The molecule has 126 valence electrons. The van der Waals surface area contributed by atoms with E-state index in [-0.39, 0.29) is 18.0 Å². The minimum atomic E-state index is -0.386. The van der Waals surface area contributed by atoms with Crippen LogP contribution in [0.25, 0.3) is 21.9 Å². The second kappa shape index (κ2) is 6.43. The van der Waals surface area contributed by atoms with Gasteiger partial charge in [-0.3, -0.25) is 4.79 Å². The molecule has 0 aliphatic carbocycles. The number of hydrogen-bond donors (Lipinski definition) is 2. The van der Waals surface area contributed by atoms with Gasteiger partial charge in [-0.25, -0.2) is 0 Å². The maximum absolute atomic E-state index is 12.1. The molecule has 0 unspecified atom stereocenters. The van der Waals surface area contributed by atoms with Gasteiger partial charge in [0.2, 0.25) is 5.91 Å². The number of benzene rings is 2. The van der Waals surface area contributed by atoms with Gasteiger partial charge in [0.25, 0.3) is 0 Å². The second-order valence-electron chi connectivity index (χ2n) is 6.18. The molecule has 1 amide bonds. The van der Waals surface area contributed by atoms with Crippen LogP contribution in [0.1, 0.15) is 20.8 Å². The number of anilines is 1. The number of ether oxygens (including phenoxy) is 1. The number of nitrogens with one attached hydrogen (secondary N) is 2. The molecule has 0 aliphatic rings. The van der Waals surface area contributed by atoms with Crippen LogP contribution in [0.4, 0.5) is 5.69 Å². The highest BCUT2D eigenvalue weighted by Gasteiger charge is 2.17. The third-order valence-electron chi connectivity index (χ3n) is 3.90. The Morgan fingerprint density at radius 1 is 1.08 bits per heavy atom. The van der Waals surface area contributed by atoms with Gasteiger partial charge in [0.15, 0.2) is 0 Å². The van der Waals surface area contributed by atoms with E-state index < -0.39 is 0 Å². The second-order valence-corrected chi connectivity index (χ2v) is 6.18. The van der Waals surface area contributed by atoms with E-state index >= 15 is 0 Å². The van der Waals surface area contributed by atoms with Gasteiger partial charge in [-0.05, 0) is 32.9 Å². The van der Waals surface area contributed by atoms with Gasteiger partial charge in [-0.2, -0.15) is 0 Å². The van der Waals surface area contributed by atoms with E-state index in [0.29, 0.717) is 5.75 Å².